The zero-order valence-corrected chi connectivity index (χ0v) is 7.75. The SMILES string of the molecule is CN(CCC(N)=O)CC1CCC1. The molecule has 0 aromatic heterocycles. The van der Waals surface area contributed by atoms with E-state index in [1.54, 1.807) is 0 Å². The highest BCUT2D eigenvalue weighted by Gasteiger charge is 2.18. The predicted octanol–water partition coefficient (Wildman–Crippen LogP) is 0.594. The number of primary amides is 1. The van der Waals surface area contributed by atoms with Crippen LogP contribution in [0.2, 0.25) is 0 Å². The number of rotatable bonds is 5. The summed E-state index contributed by atoms with van der Waals surface area (Å²) in [4.78, 5) is 12.7. The van der Waals surface area contributed by atoms with Gasteiger partial charge in [0.25, 0.3) is 0 Å². The predicted molar refractivity (Wildman–Crippen MR) is 48.6 cm³/mol. The van der Waals surface area contributed by atoms with E-state index in [2.05, 4.69) is 11.9 Å². The van der Waals surface area contributed by atoms with Crippen LogP contribution in [-0.4, -0.2) is 30.9 Å². The molecule has 2 N–H and O–H groups in total. The third-order valence-electron chi connectivity index (χ3n) is 2.53. The lowest BCUT2D eigenvalue weighted by molar-refractivity contribution is -0.118. The highest BCUT2D eigenvalue weighted by Crippen LogP contribution is 2.26. The molecule has 0 aromatic rings. The largest absolute Gasteiger partial charge is 0.370 e. The lowest BCUT2D eigenvalue weighted by Gasteiger charge is -2.29. The molecule has 0 radical (unpaired) electrons. The Morgan fingerprint density at radius 1 is 1.58 bits per heavy atom. The Morgan fingerprint density at radius 2 is 2.25 bits per heavy atom. The first-order chi connectivity index (χ1) is 5.68. The molecule has 0 spiro atoms. The molecule has 1 aliphatic rings. The number of carbonyl (C=O) groups is 1. The average Bonchev–Trinajstić information content (AvgIpc) is 1.93. The van der Waals surface area contributed by atoms with Crippen LogP contribution in [0.15, 0.2) is 0 Å². The monoisotopic (exact) mass is 170 g/mol. The number of nitrogens with two attached hydrogens (primary N) is 1. The summed E-state index contributed by atoms with van der Waals surface area (Å²) < 4.78 is 0. The molecule has 1 fully saturated rings. The van der Waals surface area contributed by atoms with Crippen LogP contribution in [0.25, 0.3) is 0 Å². The summed E-state index contributed by atoms with van der Waals surface area (Å²) in [5, 5.41) is 0. The van der Waals surface area contributed by atoms with E-state index in [1.807, 2.05) is 0 Å². The smallest absolute Gasteiger partial charge is 0.218 e. The van der Waals surface area contributed by atoms with Crippen LogP contribution in [0.1, 0.15) is 25.7 Å². The second-order valence-corrected chi connectivity index (χ2v) is 3.78. The first-order valence-corrected chi connectivity index (χ1v) is 4.65. The maximum atomic E-state index is 10.5. The Kier molecular flexibility index (Phi) is 3.53. The van der Waals surface area contributed by atoms with Gasteiger partial charge in [-0.25, -0.2) is 0 Å². The topological polar surface area (TPSA) is 46.3 Å². The fraction of sp³-hybridized carbons (Fsp3) is 0.889. The van der Waals surface area contributed by atoms with Crippen molar-refractivity contribution in [1.82, 2.24) is 4.90 Å². The quantitative estimate of drug-likeness (QED) is 0.656. The summed E-state index contributed by atoms with van der Waals surface area (Å²) in [5.74, 6) is 0.679. The summed E-state index contributed by atoms with van der Waals surface area (Å²) in [6.45, 7) is 1.94. The van der Waals surface area contributed by atoms with E-state index in [9.17, 15) is 4.79 Å². The van der Waals surface area contributed by atoms with Crippen molar-refractivity contribution in [2.45, 2.75) is 25.7 Å². The minimum Gasteiger partial charge on any atom is -0.370 e. The molecule has 0 atom stereocenters. The maximum absolute atomic E-state index is 10.5. The van der Waals surface area contributed by atoms with Gasteiger partial charge in [0.15, 0.2) is 0 Å². The van der Waals surface area contributed by atoms with E-state index in [-0.39, 0.29) is 5.91 Å². The van der Waals surface area contributed by atoms with Gasteiger partial charge in [0.05, 0.1) is 0 Å². The van der Waals surface area contributed by atoms with Crippen molar-refractivity contribution in [3.05, 3.63) is 0 Å². The van der Waals surface area contributed by atoms with Crippen LogP contribution in [-0.2, 0) is 4.79 Å². The molecule has 0 bridgehead atoms. The highest BCUT2D eigenvalue weighted by molar-refractivity contribution is 5.73. The van der Waals surface area contributed by atoms with Crippen molar-refractivity contribution in [1.29, 1.82) is 0 Å². The molecule has 0 saturated heterocycles. The van der Waals surface area contributed by atoms with Gasteiger partial charge in [-0.15, -0.1) is 0 Å². The molecule has 1 rings (SSSR count). The van der Waals surface area contributed by atoms with E-state index < -0.39 is 0 Å². The Balaban J connectivity index is 2.02. The maximum Gasteiger partial charge on any atom is 0.218 e. The fourth-order valence-electron chi connectivity index (χ4n) is 1.51. The van der Waals surface area contributed by atoms with Crippen LogP contribution in [0, 0.1) is 5.92 Å². The Bertz CT molecular complexity index is 155. The summed E-state index contributed by atoms with van der Waals surface area (Å²) in [5.41, 5.74) is 5.05. The van der Waals surface area contributed by atoms with Crippen LogP contribution in [0.3, 0.4) is 0 Å². The first kappa shape index (κ1) is 9.52. The van der Waals surface area contributed by atoms with Gasteiger partial charge in [0.1, 0.15) is 0 Å². The van der Waals surface area contributed by atoms with Crippen LogP contribution in [0.5, 0.6) is 0 Å². The lowest BCUT2D eigenvalue weighted by atomic mass is 9.85. The average molecular weight is 170 g/mol. The van der Waals surface area contributed by atoms with Gasteiger partial charge in [-0.1, -0.05) is 6.42 Å². The van der Waals surface area contributed by atoms with E-state index in [0.29, 0.717) is 6.42 Å². The molecule has 12 heavy (non-hydrogen) atoms. The third kappa shape index (κ3) is 3.22. The van der Waals surface area contributed by atoms with Crippen molar-refractivity contribution < 1.29 is 4.79 Å². The Hall–Kier alpha value is -0.570. The molecule has 0 aromatic carbocycles. The molecule has 0 unspecified atom stereocenters. The number of carbonyl (C=O) groups excluding carboxylic acids is 1. The van der Waals surface area contributed by atoms with Gasteiger partial charge in [0, 0.05) is 19.5 Å². The van der Waals surface area contributed by atoms with Gasteiger partial charge < -0.3 is 10.6 Å². The van der Waals surface area contributed by atoms with Crippen molar-refractivity contribution in [2.24, 2.45) is 11.7 Å². The van der Waals surface area contributed by atoms with E-state index in [4.69, 9.17) is 5.73 Å². The van der Waals surface area contributed by atoms with Gasteiger partial charge in [-0.05, 0) is 25.8 Å². The van der Waals surface area contributed by atoms with Crippen molar-refractivity contribution in [3.63, 3.8) is 0 Å². The van der Waals surface area contributed by atoms with E-state index in [1.165, 1.54) is 19.3 Å². The molecular formula is C9H18N2O. The molecule has 1 aliphatic carbocycles. The molecule has 0 heterocycles. The minimum absolute atomic E-state index is 0.199. The van der Waals surface area contributed by atoms with Crippen molar-refractivity contribution >= 4 is 5.91 Å². The second-order valence-electron chi connectivity index (χ2n) is 3.78. The van der Waals surface area contributed by atoms with Gasteiger partial charge in [-0.2, -0.15) is 0 Å². The minimum atomic E-state index is -0.199. The van der Waals surface area contributed by atoms with Crippen LogP contribution < -0.4 is 5.73 Å². The van der Waals surface area contributed by atoms with Crippen LogP contribution >= 0.6 is 0 Å². The lowest BCUT2D eigenvalue weighted by Crippen LogP contribution is -2.31. The van der Waals surface area contributed by atoms with Gasteiger partial charge >= 0.3 is 0 Å². The number of nitrogens with zero attached hydrogens (tertiary/aromatic N) is 1. The molecule has 1 amide bonds. The Labute approximate surface area is 73.9 Å². The Morgan fingerprint density at radius 3 is 2.67 bits per heavy atom. The summed E-state index contributed by atoms with van der Waals surface area (Å²) in [6.07, 6.45) is 4.60. The van der Waals surface area contributed by atoms with E-state index in [0.717, 1.165) is 19.0 Å². The van der Waals surface area contributed by atoms with E-state index >= 15 is 0 Å². The number of amides is 1. The standard InChI is InChI=1S/C9H18N2O/c1-11(6-5-9(10)12)7-8-3-2-4-8/h8H,2-7H2,1H3,(H2,10,12). The molecule has 0 aliphatic heterocycles. The fourth-order valence-corrected chi connectivity index (χ4v) is 1.51. The molecule has 3 heteroatoms. The molecule has 3 nitrogen and oxygen atoms in total. The summed E-state index contributed by atoms with van der Waals surface area (Å²) >= 11 is 0. The normalized spacial score (nSPS) is 17.8. The van der Waals surface area contributed by atoms with Gasteiger partial charge in [-0.3, -0.25) is 4.79 Å². The zero-order chi connectivity index (χ0) is 8.97. The number of hydrogen-bond donors (Lipinski definition) is 1. The molecule has 1 saturated carbocycles. The van der Waals surface area contributed by atoms with Crippen LogP contribution in [0.4, 0.5) is 0 Å². The third-order valence-corrected chi connectivity index (χ3v) is 2.53. The van der Waals surface area contributed by atoms with Crippen molar-refractivity contribution in [2.75, 3.05) is 20.1 Å². The summed E-state index contributed by atoms with van der Waals surface area (Å²) in [6, 6.07) is 0. The first-order valence-electron chi connectivity index (χ1n) is 4.65. The van der Waals surface area contributed by atoms with Gasteiger partial charge in [0.2, 0.25) is 5.91 Å². The second kappa shape index (κ2) is 4.45. The molecular weight excluding hydrogens is 152 g/mol. The summed E-state index contributed by atoms with van der Waals surface area (Å²) in [7, 11) is 2.06. The number of hydrogen-bond acceptors (Lipinski definition) is 2. The molecule has 70 valence electrons. The zero-order valence-electron chi connectivity index (χ0n) is 7.75. The van der Waals surface area contributed by atoms with Crippen molar-refractivity contribution in [3.8, 4) is 0 Å². The highest BCUT2D eigenvalue weighted by atomic mass is 16.1.